The summed E-state index contributed by atoms with van der Waals surface area (Å²) in [6.07, 6.45) is -17.8. The van der Waals surface area contributed by atoms with E-state index in [0.29, 0.717) is 0 Å². The van der Waals surface area contributed by atoms with Crippen molar-refractivity contribution in [1.82, 2.24) is 0 Å². The molecular formula is C30H34O18. The van der Waals surface area contributed by atoms with Crippen LogP contribution in [0.15, 0.2) is 39.5 Å². The summed E-state index contributed by atoms with van der Waals surface area (Å²) in [5.74, 6) is -3.04. The summed E-state index contributed by atoms with van der Waals surface area (Å²) in [7, 11) is 1.30. The van der Waals surface area contributed by atoms with E-state index in [2.05, 4.69) is 0 Å². The third-order valence-electron chi connectivity index (χ3n) is 7.83. The lowest BCUT2D eigenvalue weighted by molar-refractivity contribution is -0.358. The van der Waals surface area contributed by atoms with Gasteiger partial charge in [0.05, 0.1) is 20.3 Å². The van der Waals surface area contributed by atoms with Crippen LogP contribution in [0.2, 0.25) is 0 Å². The van der Waals surface area contributed by atoms with Crippen molar-refractivity contribution in [3.63, 3.8) is 0 Å². The zero-order valence-electron chi connectivity index (χ0n) is 25.3. The maximum absolute atomic E-state index is 13.3. The molecule has 5 rings (SSSR count). The first-order valence-electron chi connectivity index (χ1n) is 14.4. The highest BCUT2D eigenvalue weighted by Crippen LogP contribution is 2.43. The van der Waals surface area contributed by atoms with E-state index >= 15 is 0 Å². The fraction of sp³-hybridized carbons (Fsp3) is 0.467. The van der Waals surface area contributed by atoms with E-state index in [9.17, 15) is 55.5 Å². The molecule has 0 saturated carbocycles. The summed E-state index contributed by atoms with van der Waals surface area (Å²) in [5, 5.41) is 92.6. The molecule has 0 aliphatic carbocycles. The first kappa shape index (κ1) is 35.2. The van der Waals surface area contributed by atoms with Crippen LogP contribution >= 0.6 is 0 Å². The molecule has 2 aliphatic rings. The average molecular weight is 683 g/mol. The molecule has 0 amide bonds. The summed E-state index contributed by atoms with van der Waals surface area (Å²) in [5.41, 5.74) is -1.08. The van der Waals surface area contributed by atoms with Crippen LogP contribution in [0, 0.1) is 0 Å². The Morgan fingerprint density at radius 1 is 0.812 bits per heavy atom. The van der Waals surface area contributed by atoms with Crippen molar-refractivity contribution in [2.45, 2.75) is 68.3 Å². The molecular weight excluding hydrogens is 648 g/mol. The molecule has 3 heterocycles. The van der Waals surface area contributed by atoms with Crippen LogP contribution in [-0.4, -0.2) is 134 Å². The van der Waals surface area contributed by atoms with E-state index in [1.807, 2.05) is 0 Å². The van der Waals surface area contributed by atoms with E-state index in [1.54, 1.807) is 0 Å². The minimum atomic E-state index is -1.95. The molecule has 2 fully saturated rings. The van der Waals surface area contributed by atoms with E-state index < -0.39 is 109 Å². The molecule has 2 saturated heterocycles. The highest BCUT2D eigenvalue weighted by molar-refractivity contribution is 5.93. The van der Waals surface area contributed by atoms with Gasteiger partial charge in [-0.05, 0) is 18.2 Å². The van der Waals surface area contributed by atoms with Crippen molar-refractivity contribution in [2.75, 3.05) is 20.3 Å². The Morgan fingerprint density at radius 3 is 2.08 bits per heavy atom. The normalized spacial score (nSPS) is 30.6. The van der Waals surface area contributed by atoms with Gasteiger partial charge in [0, 0.05) is 24.6 Å². The van der Waals surface area contributed by atoms with E-state index in [-0.39, 0.29) is 28.2 Å². The number of aromatic hydroxyl groups is 2. The number of rotatable bonds is 9. The fourth-order valence-electron chi connectivity index (χ4n) is 5.32. The monoisotopic (exact) mass is 682 g/mol. The number of esters is 1. The number of methoxy groups -OCH3 is 1. The number of aliphatic hydroxyl groups is 7. The van der Waals surface area contributed by atoms with E-state index in [4.69, 9.17) is 32.8 Å². The van der Waals surface area contributed by atoms with Crippen molar-refractivity contribution >= 4 is 16.9 Å². The summed E-state index contributed by atoms with van der Waals surface area (Å²) in [4.78, 5) is 25.3. The zero-order valence-corrected chi connectivity index (χ0v) is 25.3. The van der Waals surface area contributed by atoms with Gasteiger partial charge in [-0.15, -0.1) is 0 Å². The van der Waals surface area contributed by atoms with Gasteiger partial charge in [0.2, 0.25) is 12.0 Å². The third-order valence-corrected chi connectivity index (χ3v) is 7.83. The number of phenolic OH excluding ortho intramolecular Hbond substituents is 2. The highest BCUT2D eigenvalue weighted by Gasteiger charge is 2.51. The predicted octanol–water partition coefficient (Wildman–Crippen LogP) is -2.19. The Balaban J connectivity index is 1.58. The Morgan fingerprint density at radius 2 is 1.46 bits per heavy atom. The second kappa shape index (κ2) is 14.2. The fourth-order valence-corrected chi connectivity index (χ4v) is 5.32. The molecule has 1 aromatic heterocycles. The number of fused-ring (bicyclic) bond motifs is 1. The van der Waals surface area contributed by atoms with Gasteiger partial charge < -0.3 is 78.8 Å². The van der Waals surface area contributed by atoms with Crippen LogP contribution in [0.3, 0.4) is 0 Å². The molecule has 18 nitrogen and oxygen atoms in total. The number of carbonyl (C=O) groups excluding carboxylic acids is 1. The lowest BCUT2D eigenvalue weighted by atomic mass is 9.97. The Bertz CT molecular complexity index is 1690. The van der Waals surface area contributed by atoms with Crippen molar-refractivity contribution in [1.29, 1.82) is 0 Å². The minimum Gasteiger partial charge on any atom is -0.504 e. The van der Waals surface area contributed by atoms with Crippen molar-refractivity contribution in [2.24, 2.45) is 0 Å². The lowest BCUT2D eigenvalue weighted by Crippen LogP contribution is -2.65. The topological polar surface area (TPSA) is 285 Å². The van der Waals surface area contributed by atoms with Crippen LogP contribution in [-0.2, 0) is 19.0 Å². The quantitative estimate of drug-likeness (QED) is 0.0855. The van der Waals surface area contributed by atoms with Gasteiger partial charge in [0.25, 0.3) is 0 Å². The number of ether oxygens (including phenoxy) is 6. The Labute approximate surface area is 270 Å². The first-order chi connectivity index (χ1) is 22.8. The highest BCUT2D eigenvalue weighted by atomic mass is 16.8. The van der Waals surface area contributed by atoms with Gasteiger partial charge in [-0.3, -0.25) is 9.59 Å². The number of aliphatic hydroxyl groups excluding tert-OH is 7. The maximum Gasteiger partial charge on any atom is 0.308 e. The maximum atomic E-state index is 13.3. The average Bonchev–Trinajstić information content (AvgIpc) is 3.06. The van der Waals surface area contributed by atoms with E-state index in [0.717, 1.165) is 19.1 Å². The molecule has 18 heteroatoms. The van der Waals surface area contributed by atoms with E-state index in [1.165, 1.54) is 25.3 Å². The minimum absolute atomic E-state index is 0.0382. The van der Waals surface area contributed by atoms with Gasteiger partial charge in [-0.2, -0.15) is 0 Å². The molecule has 2 aromatic carbocycles. The predicted molar refractivity (Wildman–Crippen MR) is 156 cm³/mol. The summed E-state index contributed by atoms with van der Waals surface area (Å²) >= 11 is 0. The molecule has 10 atom stereocenters. The van der Waals surface area contributed by atoms with Crippen molar-refractivity contribution < 1.29 is 83.6 Å². The van der Waals surface area contributed by atoms with Crippen LogP contribution in [0.4, 0.5) is 0 Å². The van der Waals surface area contributed by atoms with Crippen molar-refractivity contribution in [3.05, 3.63) is 40.6 Å². The second-order valence-corrected chi connectivity index (χ2v) is 11.0. The number of hydrogen-bond donors (Lipinski definition) is 9. The van der Waals surface area contributed by atoms with Gasteiger partial charge in [-0.1, -0.05) is 0 Å². The number of hydrogen-bond acceptors (Lipinski definition) is 18. The summed E-state index contributed by atoms with van der Waals surface area (Å²) in [6.45, 7) is -0.616. The molecule has 0 radical (unpaired) electrons. The molecule has 2 aliphatic heterocycles. The van der Waals surface area contributed by atoms with Gasteiger partial charge in [0.1, 0.15) is 59.6 Å². The Kier molecular flexibility index (Phi) is 10.4. The van der Waals surface area contributed by atoms with Gasteiger partial charge in [-0.25, -0.2) is 0 Å². The SMILES string of the molecule is COc1cc(-c2cc(=O)c3c(OC(C)=O)cc(OC4OC(CO)C(O)C(O)C4OC4OC(CO)C(O)C(O)C4O)c(O)c3o2)ccc1O. The van der Waals surface area contributed by atoms with Crippen LogP contribution in [0.1, 0.15) is 6.92 Å². The Hall–Kier alpha value is -4.08. The van der Waals surface area contributed by atoms with Crippen LogP contribution < -0.4 is 19.6 Å². The largest absolute Gasteiger partial charge is 0.504 e. The standard InChI is InChI=1S/C30H34O18/c1-10(33)43-16-7-17(23(38)27-20(16)13(35)6-14(44-27)11-3-4-12(34)15(5-11)42-2)45-30-28(25(40)22(37)19(9-32)47-30)48-29-26(41)24(39)21(36)18(8-31)46-29/h3-7,18-19,21-22,24-26,28-32,34,36-41H,8-9H2,1-2H3. The zero-order chi connectivity index (χ0) is 35.0. The van der Waals surface area contributed by atoms with Crippen molar-refractivity contribution in [3.8, 4) is 40.1 Å². The number of phenols is 2. The molecule has 9 N–H and O–H groups in total. The molecule has 262 valence electrons. The number of benzene rings is 2. The van der Waals surface area contributed by atoms with Crippen LogP contribution in [0.5, 0.6) is 28.7 Å². The molecule has 48 heavy (non-hydrogen) atoms. The smallest absolute Gasteiger partial charge is 0.308 e. The molecule has 0 bridgehead atoms. The molecule has 3 aromatic rings. The summed E-state index contributed by atoms with van der Waals surface area (Å²) < 4.78 is 38.5. The third kappa shape index (κ3) is 6.63. The molecule has 0 spiro atoms. The lowest BCUT2D eigenvalue weighted by Gasteiger charge is -2.45. The number of carbonyl (C=O) groups is 1. The second-order valence-electron chi connectivity index (χ2n) is 11.0. The van der Waals surface area contributed by atoms with Gasteiger partial charge in [0.15, 0.2) is 40.7 Å². The summed E-state index contributed by atoms with van der Waals surface area (Å²) in [6, 6.07) is 5.99. The molecule has 10 unspecified atom stereocenters. The van der Waals surface area contributed by atoms with Crippen LogP contribution in [0.25, 0.3) is 22.3 Å². The van der Waals surface area contributed by atoms with Gasteiger partial charge >= 0.3 is 5.97 Å². The first-order valence-corrected chi connectivity index (χ1v) is 14.4.